The first-order chi connectivity index (χ1) is 4.79. The highest BCUT2D eigenvalue weighted by molar-refractivity contribution is 9.09. The van der Waals surface area contributed by atoms with E-state index in [1.807, 2.05) is 0 Å². The van der Waals surface area contributed by atoms with E-state index >= 15 is 0 Å². The zero-order valence-corrected chi connectivity index (χ0v) is 7.30. The maximum absolute atomic E-state index is 11.3. The summed E-state index contributed by atoms with van der Waals surface area (Å²) >= 11 is 3.39. The Morgan fingerprint density at radius 1 is 1.40 bits per heavy atom. The molecule has 10 heavy (non-hydrogen) atoms. The molecule has 1 atom stereocenters. The molecule has 2 nitrogen and oxygen atoms in total. The van der Waals surface area contributed by atoms with Crippen molar-refractivity contribution < 1.29 is 4.79 Å². The van der Waals surface area contributed by atoms with E-state index in [-0.39, 0.29) is 4.95 Å². The highest BCUT2D eigenvalue weighted by Crippen LogP contribution is 2.31. The number of rotatable bonds is 0. The molecule has 3 heterocycles. The number of fused-ring (bicyclic) bond motifs is 3. The number of hydrogen-bond donors (Lipinski definition) is 0. The first-order valence-corrected chi connectivity index (χ1v) is 4.62. The van der Waals surface area contributed by atoms with Crippen LogP contribution in [0.1, 0.15) is 12.8 Å². The van der Waals surface area contributed by atoms with Crippen molar-refractivity contribution in [2.75, 3.05) is 13.1 Å². The SMILES string of the molecule is O=C1C2CCN(CC2)C1Br. The van der Waals surface area contributed by atoms with Crippen LogP contribution in [0, 0.1) is 5.92 Å². The lowest BCUT2D eigenvalue weighted by Gasteiger charge is -2.41. The van der Waals surface area contributed by atoms with Crippen molar-refractivity contribution >= 4 is 21.7 Å². The molecule has 2 bridgehead atoms. The molecular weight excluding hydrogens is 194 g/mol. The van der Waals surface area contributed by atoms with Crippen molar-refractivity contribution in [3.8, 4) is 0 Å². The van der Waals surface area contributed by atoms with Crippen molar-refractivity contribution in [1.82, 2.24) is 4.90 Å². The molecule has 0 N–H and O–H groups in total. The van der Waals surface area contributed by atoms with Crippen LogP contribution >= 0.6 is 15.9 Å². The van der Waals surface area contributed by atoms with Crippen molar-refractivity contribution in [2.24, 2.45) is 5.92 Å². The van der Waals surface area contributed by atoms with Crippen LogP contribution in [0.15, 0.2) is 0 Å². The minimum atomic E-state index is 0.0417. The van der Waals surface area contributed by atoms with Gasteiger partial charge in [0.05, 0.1) is 0 Å². The third kappa shape index (κ3) is 0.839. The van der Waals surface area contributed by atoms with Crippen LogP contribution in [0.2, 0.25) is 0 Å². The van der Waals surface area contributed by atoms with Gasteiger partial charge in [-0.1, -0.05) is 15.9 Å². The van der Waals surface area contributed by atoms with E-state index in [4.69, 9.17) is 0 Å². The minimum absolute atomic E-state index is 0.0417. The van der Waals surface area contributed by atoms with Crippen LogP contribution in [0.25, 0.3) is 0 Å². The lowest BCUT2D eigenvalue weighted by molar-refractivity contribution is -0.131. The first kappa shape index (κ1) is 6.80. The molecule has 0 saturated carbocycles. The van der Waals surface area contributed by atoms with Gasteiger partial charge >= 0.3 is 0 Å². The molecule has 3 aliphatic heterocycles. The highest BCUT2D eigenvalue weighted by Gasteiger charge is 2.39. The Labute approximate surface area is 68.7 Å². The maximum Gasteiger partial charge on any atom is 0.163 e. The number of ketones is 1. The topological polar surface area (TPSA) is 20.3 Å². The third-order valence-electron chi connectivity index (χ3n) is 2.49. The number of Topliss-reactive ketones (excluding diaryl/α,β-unsaturated/α-hetero) is 1. The number of halogens is 1. The van der Waals surface area contributed by atoms with Gasteiger partial charge in [0.25, 0.3) is 0 Å². The molecule has 56 valence electrons. The van der Waals surface area contributed by atoms with Crippen molar-refractivity contribution in [1.29, 1.82) is 0 Å². The highest BCUT2D eigenvalue weighted by atomic mass is 79.9. The van der Waals surface area contributed by atoms with Gasteiger partial charge in [-0.25, -0.2) is 0 Å². The Morgan fingerprint density at radius 3 is 2.30 bits per heavy atom. The largest absolute Gasteiger partial charge is 0.297 e. The Balaban J connectivity index is 2.20. The number of hydrogen-bond acceptors (Lipinski definition) is 2. The zero-order chi connectivity index (χ0) is 7.14. The molecule has 3 aliphatic rings. The molecule has 3 heteroatoms. The third-order valence-corrected chi connectivity index (χ3v) is 3.52. The predicted molar refractivity (Wildman–Crippen MR) is 42.0 cm³/mol. The Bertz CT molecular complexity index is 159. The molecule has 0 amide bonds. The van der Waals surface area contributed by atoms with Gasteiger partial charge in [0, 0.05) is 19.0 Å². The number of nitrogens with zero attached hydrogens (tertiary/aromatic N) is 1. The van der Waals surface area contributed by atoms with Crippen LogP contribution < -0.4 is 0 Å². The van der Waals surface area contributed by atoms with Gasteiger partial charge in [-0.05, 0) is 12.8 Å². The summed E-state index contributed by atoms with van der Waals surface area (Å²) in [6.07, 6.45) is 2.17. The average molecular weight is 204 g/mol. The van der Waals surface area contributed by atoms with Crippen molar-refractivity contribution in [3.63, 3.8) is 0 Å². The summed E-state index contributed by atoms with van der Waals surface area (Å²) in [7, 11) is 0. The Kier molecular flexibility index (Phi) is 1.57. The molecule has 1 unspecified atom stereocenters. The van der Waals surface area contributed by atoms with Crippen LogP contribution in [-0.4, -0.2) is 28.7 Å². The smallest absolute Gasteiger partial charge is 0.163 e. The molecule has 3 saturated heterocycles. The molecule has 0 aromatic rings. The zero-order valence-electron chi connectivity index (χ0n) is 5.72. The van der Waals surface area contributed by atoms with E-state index in [2.05, 4.69) is 20.8 Å². The minimum Gasteiger partial charge on any atom is -0.297 e. The normalized spacial score (nSPS) is 46.1. The summed E-state index contributed by atoms with van der Waals surface area (Å²) in [4.78, 5) is 13.6. The van der Waals surface area contributed by atoms with Gasteiger partial charge in [-0.15, -0.1) is 0 Å². The molecule has 3 fully saturated rings. The number of carbonyl (C=O) groups is 1. The summed E-state index contributed by atoms with van der Waals surface area (Å²) in [5, 5.41) is 0. The van der Waals surface area contributed by atoms with Crippen LogP contribution in [0.5, 0.6) is 0 Å². The van der Waals surface area contributed by atoms with Crippen molar-refractivity contribution in [3.05, 3.63) is 0 Å². The van der Waals surface area contributed by atoms with Gasteiger partial charge in [0.15, 0.2) is 5.78 Å². The maximum atomic E-state index is 11.3. The fourth-order valence-corrected chi connectivity index (χ4v) is 2.57. The standard InChI is InChI=1S/C7H10BrNO/c8-7-6(10)5-1-3-9(7)4-2-5/h5,7H,1-4H2. The molecule has 0 aromatic carbocycles. The number of piperidine rings is 3. The van der Waals surface area contributed by atoms with Gasteiger partial charge < -0.3 is 0 Å². The van der Waals surface area contributed by atoms with E-state index in [9.17, 15) is 4.79 Å². The molecule has 0 aliphatic carbocycles. The molecule has 0 aromatic heterocycles. The number of carbonyl (C=O) groups excluding carboxylic acids is 1. The molecular formula is C7H10BrNO. The van der Waals surface area contributed by atoms with Crippen LogP contribution in [0.3, 0.4) is 0 Å². The fourth-order valence-electron chi connectivity index (χ4n) is 1.79. The van der Waals surface area contributed by atoms with Gasteiger partial charge in [0.1, 0.15) is 4.95 Å². The Morgan fingerprint density at radius 2 is 2.00 bits per heavy atom. The second kappa shape index (κ2) is 2.31. The first-order valence-electron chi connectivity index (χ1n) is 3.71. The van der Waals surface area contributed by atoms with E-state index in [1.165, 1.54) is 0 Å². The van der Waals surface area contributed by atoms with Crippen LogP contribution in [0.4, 0.5) is 0 Å². The summed E-state index contributed by atoms with van der Waals surface area (Å²) in [5.41, 5.74) is 0. The van der Waals surface area contributed by atoms with E-state index in [1.54, 1.807) is 0 Å². The average Bonchev–Trinajstić information content (AvgIpc) is 2.00. The number of alkyl halides is 1. The molecule has 3 rings (SSSR count). The quantitative estimate of drug-likeness (QED) is 0.433. The summed E-state index contributed by atoms with van der Waals surface area (Å²) in [6.45, 7) is 2.21. The monoisotopic (exact) mass is 203 g/mol. The lowest BCUT2D eigenvalue weighted by atomic mass is 9.87. The van der Waals surface area contributed by atoms with Gasteiger partial charge in [-0.2, -0.15) is 0 Å². The molecule has 0 spiro atoms. The Hall–Kier alpha value is 0.110. The molecule has 0 radical (unpaired) electrons. The predicted octanol–water partition coefficient (Wildman–Crippen LogP) is 1.00. The van der Waals surface area contributed by atoms with E-state index in [0.717, 1.165) is 25.9 Å². The van der Waals surface area contributed by atoms with E-state index in [0.29, 0.717) is 11.7 Å². The van der Waals surface area contributed by atoms with Crippen molar-refractivity contribution in [2.45, 2.75) is 17.8 Å². The summed E-state index contributed by atoms with van der Waals surface area (Å²) in [5.74, 6) is 0.770. The van der Waals surface area contributed by atoms with Gasteiger partial charge in [0.2, 0.25) is 0 Å². The van der Waals surface area contributed by atoms with E-state index < -0.39 is 0 Å². The summed E-state index contributed by atoms with van der Waals surface area (Å²) in [6, 6.07) is 0. The van der Waals surface area contributed by atoms with Gasteiger partial charge in [-0.3, -0.25) is 9.69 Å². The lowest BCUT2D eigenvalue weighted by Crippen LogP contribution is -2.52. The summed E-state index contributed by atoms with van der Waals surface area (Å²) < 4.78 is 0. The second-order valence-electron chi connectivity index (χ2n) is 3.05. The fraction of sp³-hybridized carbons (Fsp3) is 0.857. The van der Waals surface area contributed by atoms with Crippen LogP contribution in [-0.2, 0) is 4.79 Å². The second-order valence-corrected chi connectivity index (χ2v) is 3.92.